The normalized spacial score (nSPS) is 15.2. The van der Waals surface area contributed by atoms with Crippen LogP contribution in [0.25, 0.3) is 0 Å². The quantitative estimate of drug-likeness (QED) is 0.823. The molecule has 0 radical (unpaired) electrons. The Kier molecular flexibility index (Phi) is 3.90. The molecule has 14 heavy (non-hydrogen) atoms. The first-order chi connectivity index (χ1) is 6.56. The van der Waals surface area contributed by atoms with Crippen molar-refractivity contribution in [3.63, 3.8) is 0 Å². The fourth-order valence-electron chi connectivity index (χ4n) is 1.40. The molecule has 2 unspecified atom stereocenters. The molecule has 78 valence electrons. The van der Waals surface area contributed by atoms with Crippen molar-refractivity contribution in [3.8, 4) is 0 Å². The minimum Gasteiger partial charge on any atom is -0.327 e. The second-order valence-corrected chi connectivity index (χ2v) is 3.94. The Hall–Kier alpha value is -0.600. The van der Waals surface area contributed by atoms with E-state index in [4.69, 9.17) is 17.3 Å². The van der Waals surface area contributed by atoms with Crippen molar-refractivity contribution in [2.75, 3.05) is 0 Å². The van der Waals surface area contributed by atoms with Gasteiger partial charge in [-0.25, -0.2) is 4.39 Å². The van der Waals surface area contributed by atoms with Gasteiger partial charge in [0.25, 0.3) is 0 Å². The van der Waals surface area contributed by atoms with Crippen LogP contribution in [0, 0.1) is 5.82 Å². The minimum absolute atomic E-state index is 0.0653. The van der Waals surface area contributed by atoms with E-state index >= 15 is 0 Å². The van der Waals surface area contributed by atoms with Crippen LogP contribution < -0.4 is 5.73 Å². The molecular weight excluding hydrogens is 201 g/mol. The standard InChI is InChI=1S/C11H15ClFN/c1-3-11(14)7(2)8-4-5-9(12)10(13)6-8/h4-7,11H,3,14H2,1-2H3. The highest BCUT2D eigenvalue weighted by Crippen LogP contribution is 2.23. The molecule has 1 rings (SSSR count). The summed E-state index contributed by atoms with van der Waals surface area (Å²) in [5, 5.41) is 0.158. The van der Waals surface area contributed by atoms with Crippen molar-refractivity contribution in [1.29, 1.82) is 0 Å². The summed E-state index contributed by atoms with van der Waals surface area (Å²) in [5.41, 5.74) is 6.79. The molecule has 2 N–H and O–H groups in total. The van der Waals surface area contributed by atoms with Gasteiger partial charge in [0.05, 0.1) is 5.02 Å². The predicted octanol–water partition coefficient (Wildman–Crippen LogP) is 3.32. The van der Waals surface area contributed by atoms with Crippen LogP contribution in [0.5, 0.6) is 0 Å². The molecule has 1 aromatic carbocycles. The lowest BCUT2D eigenvalue weighted by Crippen LogP contribution is -2.25. The monoisotopic (exact) mass is 215 g/mol. The van der Waals surface area contributed by atoms with Gasteiger partial charge in [0.2, 0.25) is 0 Å². The van der Waals surface area contributed by atoms with Crippen LogP contribution in [-0.2, 0) is 0 Å². The van der Waals surface area contributed by atoms with Gasteiger partial charge < -0.3 is 5.73 Å². The predicted molar refractivity (Wildman–Crippen MR) is 58.1 cm³/mol. The summed E-state index contributed by atoms with van der Waals surface area (Å²) in [6.07, 6.45) is 0.880. The molecule has 3 heteroatoms. The molecule has 0 saturated heterocycles. The van der Waals surface area contributed by atoms with Crippen LogP contribution in [-0.4, -0.2) is 6.04 Å². The van der Waals surface area contributed by atoms with E-state index in [1.807, 2.05) is 19.9 Å². The lowest BCUT2D eigenvalue weighted by molar-refractivity contribution is 0.545. The fourth-order valence-corrected chi connectivity index (χ4v) is 1.51. The number of hydrogen-bond acceptors (Lipinski definition) is 1. The summed E-state index contributed by atoms with van der Waals surface area (Å²) in [6.45, 7) is 4.02. The highest BCUT2D eigenvalue weighted by molar-refractivity contribution is 6.30. The Labute approximate surface area is 89.1 Å². The maximum atomic E-state index is 13.1. The van der Waals surface area contributed by atoms with Gasteiger partial charge in [-0.3, -0.25) is 0 Å². The number of rotatable bonds is 3. The maximum absolute atomic E-state index is 13.1. The average Bonchev–Trinajstić information content (AvgIpc) is 2.20. The van der Waals surface area contributed by atoms with Crippen molar-refractivity contribution in [2.45, 2.75) is 32.2 Å². The van der Waals surface area contributed by atoms with E-state index in [-0.39, 0.29) is 22.8 Å². The van der Waals surface area contributed by atoms with Gasteiger partial charge in [0, 0.05) is 6.04 Å². The molecule has 0 aliphatic heterocycles. The van der Waals surface area contributed by atoms with Crippen LogP contribution in [0.4, 0.5) is 4.39 Å². The zero-order valence-electron chi connectivity index (χ0n) is 8.43. The molecule has 0 aliphatic carbocycles. The maximum Gasteiger partial charge on any atom is 0.142 e. The van der Waals surface area contributed by atoms with E-state index < -0.39 is 0 Å². The van der Waals surface area contributed by atoms with Gasteiger partial charge in [0.15, 0.2) is 0 Å². The third-order valence-electron chi connectivity index (χ3n) is 2.58. The summed E-state index contributed by atoms with van der Waals surface area (Å²) < 4.78 is 13.1. The van der Waals surface area contributed by atoms with Gasteiger partial charge >= 0.3 is 0 Å². The molecule has 0 fully saturated rings. The van der Waals surface area contributed by atoms with E-state index in [9.17, 15) is 4.39 Å². The van der Waals surface area contributed by atoms with Gasteiger partial charge in [0.1, 0.15) is 5.82 Å². The Morgan fingerprint density at radius 3 is 2.64 bits per heavy atom. The molecule has 0 heterocycles. The van der Waals surface area contributed by atoms with E-state index in [1.54, 1.807) is 6.07 Å². The molecule has 1 nitrogen and oxygen atoms in total. The SMILES string of the molecule is CCC(N)C(C)c1ccc(Cl)c(F)c1. The second-order valence-electron chi connectivity index (χ2n) is 3.53. The zero-order chi connectivity index (χ0) is 10.7. The van der Waals surface area contributed by atoms with E-state index in [1.165, 1.54) is 6.07 Å². The molecule has 0 spiro atoms. The van der Waals surface area contributed by atoms with Gasteiger partial charge in [-0.15, -0.1) is 0 Å². The third-order valence-corrected chi connectivity index (χ3v) is 2.89. The molecule has 0 bridgehead atoms. The van der Waals surface area contributed by atoms with Crippen molar-refractivity contribution in [3.05, 3.63) is 34.6 Å². The van der Waals surface area contributed by atoms with Crippen molar-refractivity contribution in [1.82, 2.24) is 0 Å². The number of halogens is 2. The fraction of sp³-hybridized carbons (Fsp3) is 0.455. The Balaban J connectivity index is 2.91. The van der Waals surface area contributed by atoms with Crippen molar-refractivity contribution in [2.24, 2.45) is 5.73 Å². The van der Waals surface area contributed by atoms with Crippen LogP contribution in [0.2, 0.25) is 5.02 Å². The molecule has 0 amide bonds. The van der Waals surface area contributed by atoms with Crippen molar-refractivity contribution < 1.29 is 4.39 Å². The Morgan fingerprint density at radius 2 is 2.14 bits per heavy atom. The Bertz CT molecular complexity index is 314. The molecule has 1 aromatic rings. The molecule has 0 aliphatic rings. The first-order valence-electron chi connectivity index (χ1n) is 4.76. The average molecular weight is 216 g/mol. The zero-order valence-corrected chi connectivity index (χ0v) is 9.18. The van der Waals surface area contributed by atoms with Gasteiger partial charge in [-0.1, -0.05) is 31.5 Å². The smallest absolute Gasteiger partial charge is 0.142 e. The van der Waals surface area contributed by atoms with E-state index in [0.717, 1.165) is 12.0 Å². The van der Waals surface area contributed by atoms with Crippen LogP contribution in [0.15, 0.2) is 18.2 Å². The lowest BCUT2D eigenvalue weighted by atomic mass is 9.92. The lowest BCUT2D eigenvalue weighted by Gasteiger charge is -2.18. The first-order valence-corrected chi connectivity index (χ1v) is 5.14. The van der Waals surface area contributed by atoms with Gasteiger partial charge in [-0.05, 0) is 30.0 Å². The van der Waals surface area contributed by atoms with Crippen LogP contribution >= 0.6 is 11.6 Å². The van der Waals surface area contributed by atoms with E-state index in [2.05, 4.69) is 0 Å². The van der Waals surface area contributed by atoms with Crippen molar-refractivity contribution >= 4 is 11.6 Å². The minimum atomic E-state index is -0.376. The van der Waals surface area contributed by atoms with Crippen LogP contribution in [0.3, 0.4) is 0 Å². The number of hydrogen-bond donors (Lipinski definition) is 1. The molecule has 0 saturated carbocycles. The highest BCUT2D eigenvalue weighted by atomic mass is 35.5. The van der Waals surface area contributed by atoms with Crippen LogP contribution in [0.1, 0.15) is 31.7 Å². The largest absolute Gasteiger partial charge is 0.327 e. The molecular formula is C11H15ClFN. The highest BCUT2D eigenvalue weighted by Gasteiger charge is 2.14. The number of benzene rings is 1. The van der Waals surface area contributed by atoms with E-state index in [0.29, 0.717) is 0 Å². The summed E-state index contributed by atoms with van der Waals surface area (Å²) >= 11 is 5.59. The number of nitrogens with two attached hydrogens (primary N) is 1. The Morgan fingerprint density at radius 1 is 1.50 bits per heavy atom. The summed E-state index contributed by atoms with van der Waals surface area (Å²) in [6, 6.07) is 4.93. The second kappa shape index (κ2) is 4.76. The molecule has 0 aromatic heterocycles. The summed E-state index contributed by atoms with van der Waals surface area (Å²) in [7, 11) is 0. The first kappa shape index (κ1) is 11.5. The third kappa shape index (κ3) is 2.46. The summed E-state index contributed by atoms with van der Waals surface area (Å²) in [4.78, 5) is 0. The molecule has 2 atom stereocenters. The summed E-state index contributed by atoms with van der Waals surface area (Å²) in [5.74, 6) is -0.217. The van der Waals surface area contributed by atoms with Gasteiger partial charge in [-0.2, -0.15) is 0 Å². The topological polar surface area (TPSA) is 26.0 Å².